The minimum Gasteiger partial charge on any atom is -0.391 e. The number of carbonyl (C=O) groups excluding carboxylic acids is 1. The highest BCUT2D eigenvalue weighted by atomic mass is 35.5. The van der Waals surface area contributed by atoms with Crippen molar-refractivity contribution in [3.8, 4) is 11.4 Å². The van der Waals surface area contributed by atoms with Gasteiger partial charge in [0.1, 0.15) is 0 Å². The summed E-state index contributed by atoms with van der Waals surface area (Å²) in [4.78, 5) is 22.7. The molecule has 6 nitrogen and oxygen atoms in total. The number of hydrogen-bond donors (Lipinski definition) is 2. The lowest BCUT2D eigenvalue weighted by atomic mass is 9.77. The average molecular weight is 401 g/mol. The normalized spacial score (nSPS) is 27.4. The maximum absolute atomic E-state index is 11.3. The second kappa shape index (κ2) is 8.15. The van der Waals surface area contributed by atoms with E-state index in [1.807, 2.05) is 36.7 Å². The molecule has 148 valence electrons. The van der Waals surface area contributed by atoms with Crippen LogP contribution in [0.2, 0.25) is 5.02 Å². The molecule has 1 saturated carbocycles. The van der Waals surface area contributed by atoms with Crippen molar-refractivity contribution in [1.29, 1.82) is 0 Å². The van der Waals surface area contributed by atoms with Crippen LogP contribution in [0.15, 0.2) is 36.7 Å². The number of amides is 1. The predicted octanol–water partition coefficient (Wildman–Crippen LogP) is 2.50. The van der Waals surface area contributed by atoms with Crippen molar-refractivity contribution >= 4 is 17.5 Å². The molecule has 1 aromatic carbocycles. The highest BCUT2D eigenvalue weighted by Gasteiger charge is 2.41. The number of benzene rings is 1. The second-order valence-corrected chi connectivity index (χ2v) is 8.42. The fourth-order valence-electron chi connectivity index (χ4n) is 4.52. The van der Waals surface area contributed by atoms with Gasteiger partial charge >= 0.3 is 0 Å². The number of aliphatic hydroxyl groups excluding tert-OH is 1. The molecule has 0 spiro atoms. The van der Waals surface area contributed by atoms with Crippen molar-refractivity contribution in [2.24, 2.45) is 11.8 Å². The van der Waals surface area contributed by atoms with E-state index in [2.05, 4.69) is 20.2 Å². The van der Waals surface area contributed by atoms with Crippen LogP contribution in [0.1, 0.15) is 25.3 Å². The van der Waals surface area contributed by atoms with E-state index in [9.17, 15) is 9.90 Å². The highest BCUT2D eigenvalue weighted by molar-refractivity contribution is 6.30. The molecule has 0 bridgehead atoms. The van der Waals surface area contributed by atoms with Gasteiger partial charge in [0.15, 0.2) is 5.82 Å². The zero-order chi connectivity index (χ0) is 19.7. The summed E-state index contributed by atoms with van der Waals surface area (Å²) in [6.45, 7) is 4.25. The molecule has 4 rings (SSSR count). The topological polar surface area (TPSA) is 78.4 Å². The Balaban J connectivity index is 1.36. The number of halogens is 1. The van der Waals surface area contributed by atoms with Crippen molar-refractivity contribution in [3.63, 3.8) is 0 Å². The first-order valence-corrected chi connectivity index (χ1v) is 10.1. The Labute approximate surface area is 169 Å². The van der Waals surface area contributed by atoms with Crippen LogP contribution in [-0.4, -0.2) is 51.1 Å². The van der Waals surface area contributed by atoms with E-state index in [1.54, 1.807) is 0 Å². The van der Waals surface area contributed by atoms with E-state index in [-0.39, 0.29) is 11.9 Å². The van der Waals surface area contributed by atoms with Gasteiger partial charge in [0.25, 0.3) is 0 Å². The third-order valence-electron chi connectivity index (χ3n) is 5.82. The van der Waals surface area contributed by atoms with Gasteiger partial charge in [0.05, 0.1) is 12.1 Å². The average Bonchev–Trinajstić information content (AvgIpc) is 3.04. The van der Waals surface area contributed by atoms with E-state index in [0.29, 0.717) is 22.7 Å². The first kappa shape index (κ1) is 19.3. The maximum atomic E-state index is 11.3. The molecule has 1 aliphatic heterocycles. The van der Waals surface area contributed by atoms with Crippen LogP contribution in [0, 0.1) is 11.8 Å². The summed E-state index contributed by atoms with van der Waals surface area (Å²) in [6, 6.07) is 7.38. The van der Waals surface area contributed by atoms with E-state index >= 15 is 0 Å². The van der Waals surface area contributed by atoms with E-state index in [4.69, 9.17) is 11.6 Å². The maximum Gasteiger partial charge on any atom is 0.217 e. The minimum atomic E-state index is -0.452. The van der Waals surface area contributed by atoms with Gasteiger partial charge in [-0.1, -0.05) is 11.6 Å². The lowest BCUT2D eigenvalue weighted by molar-refractivity contribution is -0.121. The van der Waals surface area contributed by atoms with Gasteiger partial charge in [-0.05, 0) is 48.9 Å². The van der Waals surface area contributed by atoms with Crippen LogP contribution < -0.4 is 5.32 Å². The third-order valence-corrected chi connectivity index (χ3v) is 6.07. The Morgan fingerprint density at radius 3 is 2.46 bits per heavy atom. The first-order chi connectivity index (χ1) is 13.5. The monoisotopic (exact) mass is 400 g/mol. The molecule has 2 aliphatic rings. The zero-order valence-electron chi connectivity index (χ0n) is 15.9. The highest BCUT2D eigenvalue weighted by Crippen LogP contribution is 2.37. The summed E-state index contributed by atoms with van der Waals surface area (Å²) in [6.07, 6.45) is 4.90. The molecule has 2 N–H and O–H groups in total. The molecule has 2 aromatic rings. The van der Waals surface area contributed by atoms with Gasteiger partial charge in [-0.2, -0.15) is 0 Å². The lowest BCUT2D eigenvalue weighted by Crippen LogP contribution is -2.48. The van der Waals surface area contributed by atoms with Crippen LogP contribution in [-0.2, 0) is 11.3 Å². The molecule has 4 atom stereocenters. The van der Waals surface area contributed by atoms with Crippen molar-refractivity contribution in [2.45, 2.75) is 38.5 Å². The summed E-state index contributed by atoms with van der Waals surface area (Å²) in [5.41, 5.74) is 2.02. The Morgan fingerprint density at radius 2 is 1.82 bits per heavy atom. The van der Waals surface area contributed by atoms with Crippen LogP contribution >= 0.6 is 11.6 Å². The number of nitrogens with zero attached hydrogens (tertiary/aromatic N) is 3. The van der Waals surface area contributed by atoms with Gasteiger partial charge in [0.2, 0.25) is 5.91 Å². The lowest BCUT2D eigenvalue weighted by Gasteiger charge is -2.35. The van der Waals surface area contributed by atoms with Crippen LogP contribution in [0.3, 0.4) is 0 Å². The molecule has 1 amide bonds. The summed E-state index contributed by atoms with van der Waals surface area (Å²) < 4.78 is 0. The van der Waals surface area contributed by atoms with Gasteiger partial charge in [0, 0.05) is 55.1 Å². The van der Waals surface area contributed by atoms with Gasteiger partial charge in [-0.15, -0.1) is 0 Å². The molecule has 1 aliphatic carbocycles. The van der Waals surface area contributed by atoms with Crippen LogP contribution in [0.25, 0.3) is 11.4 Å². The third kappa shape index (κ3) is 4.35. The number of aromatic nitrogens is 2. The number of carbonyl (C=O) groups is 1. The molecule has 2 fully saturated rings. The Morgan fingerprint density at radius 1 is 1.18 bits per heavy atom. The van der Waals surface area contributed by atoms with Crippen LogP contribution in [0.5, 0.6) is 0 Å². The number of nitrogens with one attached hydrogen (secondary N) is 1. The predicted molar refractivity (Wildman–Crippen MR) is 108 cm³/mol. The summed E-state index contributed by atoms with van der Waals surface area (Å²) >= 11 is 5.93. The summed E-state index contributed by atoms with van der Waals surface area (Å²) in [7, 11) is 0. The van der Waals surface area contributed by atoms with Crippen molar-refractivity contribution in [2.75, 3.05) is 13.1 Å². The number of hydrogen-bond acceptors (Lipinski definition) is 5. The number of aliphatic hydroxyl groups is 1. The van der Waals surface area contributed by atoms with Gasteiger partial charge < -0.3 is 10.4 Å². The van der Waals surface area contributed by atoms with Crippen molar-refractivity contribution in [3.05, 3.63) is 47.2 Å². The van der Waals surface area contributed by atoms with Gasteiger partial charge in [-0.25, -0.2) is 9.97 Å². The van der Waals surface area contributed by atoms with Crippen LogP contribution in [0.4, 0.5) is 0 Å². The molecule has 2 heterocycles. The molecule has 1 saturated heterocycles. The quantitative estimate of drug-likeness (QED) is 0.824. The molecule has 0 unspecified atom stereocenters. The standard InChI is InChI=1S/C21H25ClN4O2/c1-13(27)25-19-6-16-11-26(12-17(16)7-20(19)28)10-14-8-23-21(24-9-14)15-2-4-18(22)5-3-15/h2-5,8-9,16-17,19-20,28H,6-7,10-12H2,1H3,(H,25,27)/t16-,17+,19-,20-/m1/s1. The fourth-order valence-corrected chi connectivity index (χ4v) is 4.64. The molecule has 1 aromatic heterocycles. The second-order valence-electron chi connectivity index (χ2n) is 7.98. The Bertz CT molecular complexity index is 827. The number of likely N-dealkylation sites (tertiary alicyclic amines) is 1. The molecular weight excluding hydrogens is 376 g/mol. The first-order valence-electron chi connectivity index (χ1n) is 9.72. The Kier molecular flexibility index (Phi) is 5.62. The van der Waals surface area contributed by atoms with E-state index in [0.717, 1.165) is 43.6 Å². The minimum absolute atomic E-state index is 0.0738. The summed E-state index contributed by atoms with van der Waals surface area (Å²) in [5.74, 6) is 1.61. The van der Waals surface area contributed by atoms with E-state index < -0.39 is 6.10 Å². The largest absolute Gasteiger partial charge is 0.391 e. The smallest absolute Gasteiger partial charge is 0.217 e. The zero-order valence-corrected chi connectivity index (χ0v) is 16.6. The SMILES string of the molecule is CC(=O)N[C@@H]1C[C@@H]2CN(Cc3cnc(-c4ccc(Cl)cc4)nc3)C[C@@H]2C[C@H]1O. The molecule has 0 radical (unpaired) electrons. The Hall–Kier alpha value is -2.02. The summed E-state index contributed by atoms with van der Waals surface area (Å²) in [5, 5.41) is 13.9. The fraction of sp³-hybridized carbons (Fsp3) is 0.476. The molecular formula is C21H25ClN4O2. The van der Waals surface area contributed by atoms with Gasteiger partial charge in [-0.3, -0.25) is 9.69 Å². The van der Waals surface area contributed by atoms with E-state index in [1.165, 1.54) is 6.92 Å². The molecule has 7 heteroatoms. The van der Waals surface area contributed by atoms with Crippen molar-refractivity contribution < 1.29 is 9.90 Å². The molecule has 28 heavy (non-hydrogen) atoms. The van der Waals surface area contributed by atoms with Crippen molar-refractivity contribution in [1.82, 2.24) is 20.2 Å². The number of fused-ring (bicyclic) bond motifs is 1. The number of rotatable bonds is 4.